The summed E-state index contributed by atoms with van der Waals surface area (Å²) >= 11 is 6.78. The van der Waals surface area contributed by atoms with E-state index in [1.807, 2.05) is 20.8 Å². The van der Waals surface area contributed by atoms with Crippen LogP contribution >= 0.6 is 11.6 Å². The van der Waals surface area contributed by atoms with Gasteiger partial charge in [-0.05, 0) is 33.0 Å². The number of aromatic nitrogens is 3. The second kappa shape index (κ2) is 7.18. The molecule has 3 rings (SSSR count). The number of nitriles is 1. The average molecular weight is 388 g/mol. The van der Waals surface area contributed by atoms with Gasteiger partial charge in [0, 0.05) is 17.5 Å². The zero-order chi connectivity index (χ0) is 19.8. The number of nitrogens with zero attached hydrogens (tertiary/aromatic N) is 5. The summed E-state index contributed by atoms with van der Waals surface area (Å²) in [6, 6.07) is 2.40. The first-order valence-corrected chi connectivity index (χ1v) is 9.00. The quantitative estimate of drug-likeness (QED) is 0.616. The van der Waals surface area contributed by atoms with Crippen molar-refractivity contribution in [2.24, 2.45) is 5.73 Å². The van der Waals surface area contributed by atoms with Crippen LogP contribution in [0.3, 0.4) is 0 Å². The van der Waals surface area contributed by atoms with Crippen LogP contribution in [0.1, 0.15) is 26.3 Å². The van der Waals surface area contributed by atoms with E-state index in [0.29, 0.717) is 47.2 Å². The van der Waals surface area contributed by atoms with E-state index in [-0.39, 0.29) is 11.9 Å². The van der Waals surface area contributed by atoms with Gasteiger partial charge in [-0.3, -0.25) is 5.41 Å². The third kappa shape index (κ3) is 3.24. The second-order valence-electron chi connectivity index (χ2n) is 7.02. The van der Waals surface area contributed by atoms with Crippen molar-refractivity contribution in [2.45, 2.75) is 32.2 Å². The van der Waals surface area contributed by atoms with E-state index in [1.165, 1.54) is 17.0 Å². The normalized spacial score (nSPS) is 18.2. The molecule has 0 radical (unpaired) electrons. The largest absolute Gasteiger partial charge is 0.404 e. The van der Waals surface area contributed by atoms with Crippen molar-refractivity contribution in [2.75, 3.05) is 24.7 Å². The number of fused-ring (bicyclic) bond motifs is 1. The molecule has 3 heterocycles. The Balaban J connectivity index is 2.33. The summed E-state index contributed by atoms with van der Waals surface area (Å²) in [5.74, 6) is 0.647. The number of nitrogens with two attached hydrogens (primary N) is 1. The van der Waals surface area contributed by atoms with Crippen molar-refractivity contribution < 1.29 is 4.74 Å². The molecule has 0 spiro atoms. The van der Waals surface area contributed by atoms with Crippen molar-refractivity contribution in [1.29, 1.82) is 10.7 Å². The summed E-state index contributed by atoms with van der Waals surface area (Å²) in [6.45, 7) is 7.43. The van der Waals surface area contributed by atoms with Crippen LogP contribution < -0.4 is 10.6 Å². The first-order valence-electron chi connectivity index (χ1n) is 8.62. The Hall–Kier alpha value is -2.63. The minimum atomic E-state index is -0.859. The number of morpholine rings is 1. The molecule has 0 bridgehead atoms. The highest BCUT2D eigenvalue weighted by atomic mass is 35.5. The van der Waals surface area contributed by atoms with E-state index < -0.39 is 5.41 Å². The maximum absolute atomic E-state index is 9.73. The number of ether oxygens (including phenoxy) is 1. The van der Waals surface area contributed by atoms with Crippen LogP contribution in [0.25, 0.3) is 11.0 Å². The van der Waals surface area contributed by atoms with E-state index in [0.717, 1.165) is 0 Å². The Bertz CT molecular complexity index is 957. The van der Waals surface area contributed by atoms with Crippen LogP contribution in [-0.4, -0.2) is 46.4 Å². The number of pyridine rings is 1. The van der Waals surface area contributed by atoms with Gasteiger partial charge in [0.2, 0.25) is 0 Å². The van der Waals surface area contributed by atoms with Gasteiger partial charge in [-0.2, -0.15) is 15.0 Å². The summed E-state index contributed by atoms with van der Waals surface area (Å²) in [6.07, 6.45) is 4.29. The summed E-state index contributed by atoms with van der Waals surface area (Å²) in [5, 5.41) is 23.3. The van der Waals surface area contributed by atoms with Gasteiger partial charge in [0.05, 0.1) is 42.0 Å². The fourth-order valence-corrected chi connectivity index (χ4v) is 3.73. The molecule has 27 heavy (non-hydrogen) atoms. The molecule has 0 amide bonds. The zero-order valence-corrected chi connectivity index (χ0v) is 16.3. The first kappa shape index (κ1) is 19.1. The summed E-state index contributed by atoms with van der Waals surface area (Å²) in [7, 11) is 0. The molecule has 2 aromatic rings. The van der Waals surface area contributed by atoms with Crippen LogP contribution in [-0.2, 0) is 10.2 Å². The van der Waals surface area contributed by atoms with Gasteiger partial charge < -0.3 is 15.4 Å². The van der Waals surface area contributed by atoms with Crippen LogP contribution in [0.2, 0.25) is 5.02 Å². The Kier molecular flexibility index (Phi) is 5.09. The lowest BCUT2D eigenvalue weighted by Crippen LogP contribution is -2.44. The smallest absolute Gasteiger partial charge is 0.167 e. The molecule has 0 saturated carbocycles. The fourth-order valence-electron chi connectivity index (χ4n) is 3.24. The lowest BCUT2D eigenvalue weighted by atomic mass is 9.85. The Labute approximate surface area is 162 Å². The topological polar surface area (TPSA) is 117 Å². The van der Waals surface area contributed by atoms with Crippen molar-refractivity contribution in [3.8, 4) is 6.07 Å². The van der Waals surface area contributed by atoms with Crippen LogP contribution in [0.5, 0.6) is 0 Å². The number of halogens is 1. The molecule has 9 heteroatoms. The molecule has 0 unspecified atom stereocenters. The van der Waals surface area contributed by atoms with Crippen LogP contribution in [0.4, 0.5) is 5.82 Å². The monoisotopic (exact) mass is 387 g/mol. The number of rotatable bonds is 3. The van der Waals surface area contributed by atoms with Crippen LogP contribution in [0.15, 0.2) is 18.5 Å². The molecule has 3 N–H and O–H groups in total. The van der Waals surface area contributed by atoms with E-state index in [1.54, 1.807) is 6.20 Å². The Morgan fingerprint density at radius 1 is 1.56 bits per heavy atom. The van der Waals surface area contributed by atoms with Gasteiger partial charge >= 0.3 is 0 Å². The summed E-state index contributed by atoms with van der Waals surface area (Å²) in [4.78, 5) is 6.81. The first-order chi connectivity index (χ1) is 12.8. The average Bonchev–Trinajstić information content (AvgIpc) is 3.05. The SMILES string of the molecule is C[C@@H]1COCCN1c1nc2c(cnn2C(=N)/C=C\N)c(C(C)(C)C#N)c1Cl. The van der Waals surface area contributed by atoms with Gasteiger partial charge in [0.15, 0.2) is 11.5 Å². The molecule has 0 aliphatic carbocycles. The lowest BCUT2D eigenvalue weighted by Gasteiger charge is -2.35. The number of nitrogens with one attached hydrogen (secondary N) is 1. The standard InChI is InChI=1S/C18H22ClN7O/c1-11-9-27-7-6-25(11)17-15(19)14(18(2,3)10-21)12-8-23-26(16(12)24-17)13(22)4-5-20/h4-5,8,11,22H,6-7,9,20H2,1-3H3/b5-4-,22-13?/t11-/m1/s1. The predicted molar refractivity (Wildman–Crippen MR) is 105 cm³/mol. The highest BCUT2D eigenvalue weighted by Crippen LogP contribution is 2.40. The minimum absolute atomic E-state index is 0.0732. The Morgan fingerprint density at radius 3 is 2.93 bits per heavy atom. The molecule has 8 nitrogen and oxygen atoms in total. The third-order valence-corrected chi connectivity index (χ3v) is 5.03. The van der Waals surface area contributed by atoms with Gasteiger partial charge in [-0.15, -0.1) is 0 Å². The zero-order valence-electron chi connectivity index (χ0n) is 15.5. The van der Waals surface area contributed by atoms with Crippen molar-refractivity contribution in [1.82, 2.24) is 14.8 Å². The summed E-state index contributed by atoms with van der Waals surface area (Å²) in [5.41, 5.74) is 5.68. The molecule has 142 valence electrons. The maximum atomic E-state index is 9.73. The van der Waals surface area contributed by atoms with Gasteiger partial charge in [0.1, 0.15) is 5.84 Å². The van der Waals surface area contributed by atoms with Crippen molar-refractivity contribution >= 4 is 34.3 Å². The molecule has 1 aliphatic rings. The fraction of sp³-hybridized carbons (Fsp3) is 0.444. The lowest BCUT2D eigenvalue weighted by molar-refractivity contribution is 0.0985. The predicted octanol–water partition coefficient (Wildman–Crippen LogP) is 2.41. The Morgan fingerprint density at radius 2 is 2.30 bits per heavy atom. The van der Waals surface area contributed by atoms with Gasteiger partial charge in [-0.25, -0.2) is 4.98 Å². The number of hydrogen-bond acceptors (Lipinski definition) is 7. The number of allylic oxidation sites excluding steroid dienone is 1. The third-order valence-electron chi connectivity index (χ3n) is 4.67. The second-order valence-corrected chi connectivity index (χ2v) is 7.39. The minimum Gasteiger partial charge on any atom is -0.404 e. The highest BCUT2D eigenvalue weighted by molar-refractivity contribution is 6.35. The maximum Gasteiger partial charge on any atom is 0.167 e. The van der Waals surface area contributed by atoms with Gasteiger partial charge in [0.25, 0.3) is 0 Å². The van der Waals surface area contributed by atoms with E-state index in [9.17, 15) is 5.26 Å². The number of anilines is 1. The van der Waals surface area contributed by atoms with Crippen LogP contribution in [0, 0.1) is 16.7 Å². The van der Waals surface area contributed by atoms with E-state index >= 15 is 0 Å². The molecule has 1 fully saturated rings. The molecular formula is C18H22ClN7O. The van der Waals surface area contributed by atoms with Crippen molar-refractivity contribution in [3.63, 3.8) is 0 Å². The van der Waals surface area contributed by atoms with E-state index in [4.69, 9.17) is 32.5 Å². The molecule has 1 saturated heterocycles. The summed E-state index contributed by atoms with van der Waals surface area (Å²) < 4.78 is 6.91. The molecule has 1 aliphatic heterocycles. The molecule has 0 aromatic carbocycles. The highest BCUT2D eigenvalue weighted by Gasteiger charge is 2.33. The molecule has 2 aromatic heterocycles. The molecular weight excluding hydrogens is 366 g/mol. The van der Waals surface area contributed by atoms with E-state index in [2.05, 4.69) is 16.1 Å². The van der Waals surface area contributed by atoms with Gasteiger partial charge in [-0.1, -0.05) is 11.6 Å². The number of hydrogen-bond donors (Lipinski definition) is 2. The van der Waals surface area contributed by atoms with Crippen molar-refractivity contribution in [3.05, 3.63) is 29.1 Å². The molecule has 1 atom stereocenters.